The van der Waals surface area contributed by atoms with Gasteiger partial charge in [0.25, 0.3) is 0 Å². The third-order valence-electron chi connectivity index (χ3n) is 5.10. The number of rotatable bonds is 14. The molecule has 2 aromatic rings. The molecule has 0 atom stereocenters. The molecule has 0 saturated carbocycles. The maximum Gasteiger partial charge on any atom is 0.407 e. The number of amides is 1. The summed E-state index contributed by atoms with van der Waals surface area (Å²) in [5, 5.41) is 5.74. The van der Waals surface area contributed by atoms with Crippen LogP contribution < -0.4 is 10.6 Å². The molecule has 0 bridgehead atoms. The minimum absolute atomic E-state index is 0.0637. The Kier molecular flexibility index (Phi) is 9.79. The Morgan fingerprint density at radius 2 is 1.29 bits per heavy atom. The van der Waals surface area contributed by atoms with Gasteiger partial charge in [0.2, 0.25) is 0 Å². The molecule has 1 amide bonds. The predicted octanol–water partition coefficient (Wildman–Crippen LogP) is 2.79. The van der Waals surface area contributed by atoms with E-state index >= 15 is 0 Å². The Morgan fingerprint density at radius 1 is 0.774 bits per heavy atom. The molecule has 3 rings (SSSR count). The summed E-state index contributed by atoms with van der Waals surface area (Å²) < 4.78 is 21.7. The lowest BCUT2D eigenvalue weighted by molar-refractivity contribution is 0.0158. The standard InChI is InChI=1S/C24H32N2O5/c1-25-10-12-28-14-16-30-17-15-29-13-11-26-24(27)31-18-23-21-8-4-2-6-19(21)20-7-3-5-9-22(20)23/h2-9,23,25H,10-18H2,1H3,(H,26,27). The molecule has 0 spiro atoms. The van der Waals surface area contributed by atoms with Gasteiger partial charge >= 0.3 is 6.09 Å². The normalized spacial score (nSPS) is 12.4. The van der Waals surface area contributed by atoms with Crippen LogP contribution >= 0.6 is 0 Å². The van der Waals surface area contributed by atoms with Crippen molar-refractivity contribution in [3.63, 3.8) is 0 Å². The number of likely N-dealkylation sites (N-methyl/N-ethyl adjacent to an activating group) is 1. The maximum absolute atomic E-state index is 12.1. The van der Waals surface area contributed by atoms with Crippen LogP contribution in [0.4, 0.5) is 4.79 Å². The van der Waals surface area contributed by atoms with Crippen LogP contribution in [0.25, 0.3) is 11.1 Å². The zero-order valence-electron chi connectivity index (χ0n) is 18.1. The number of hydrogen-bond donors (Lipinski definition) is 2. The Bertz CT molecular complexity index is 769. The van der Waals surface area contributed by atoms with Gasteiger partial charge in [-0.3, -0.25) is 0 Å². The molecule has 2 aromatic carbocycles. The maximum atomic E-state index is 12.1. The van der Waals surface area contributed by atoms with Crippen molar-refractivity contribution in [3.8, 4) is 11.1 Å². The summed E-state index contributed by atoms with van der Waals surface area (Å²) in [6, 6.07) is 16.6. The van der Waals surface area contributed by atoms with Gasteiger partial charge in [0.15, 0.2) is 0 Å². The summed E-state index contributed by atoms with van der Waals surface area (Å²) in [5.74, 6) is 0.0637. The summed E-state index contributed by atoms with van der Waals surface area (Å²) >= 11 is 0. The average molecular weight is 429 g/mol. The number of alkyl carbamates (subject to hydrolysis) is 1. The van der Waals surface area contributed by atoms with Crippen molar-refractivity contribution >= 4 is 6.09 Å². The first-order valence-electron chi connectivity index (χ1n) is 10.8. The molecule has 0 aliphatic heterocycles. The van der Waals surface area contributed by atoms with E-state index in [9.17, 15) is 4.79 Å². The van der Waals surface area contributed by atoms with Crippen molar-refractivity contribution in [1.82, 2.24) is 10.6 Å². The lowest BCUT2D eigenvalue weighted by Gasteiger charge is -2.14. The van der Waals surface area contributed by atoms with Crippen LogP contribution in [-0.4, -0.2) is 72.5 Å². The third kappa shape index (κ3) is 7.04. The van der Waals surface area contributed by atoms with Gasteiger partial charge in [0.1, 0.15) is 6.61 Å². The molecule has 0 radical (unpaired) electrons. The number of hydrogen-bond acceptors (Lipinski definition) is 6. The predicted molar refractivity (Wildman–Crippen MR) is 119 cm³/mol. The van der Waals surface area contributed by atoms with Gasteiger partial charge < -0.3 is 29.6 Å². The first kappa shape index (κ1) is 23.2. The van der Waals surface area contributed by atoms with Gasteiger partial charge in [-0.2, -0.15) is 0 Å². The van der Waals surface area contributed by atoms with E-state index in [1.165, 1.54) is 22.3 Å². The van der Waals surface area contributed by atoms with Crippen molar-refractivity contribution in [2.24, 2.45) is 0 Å². The Hall–Kier alpha value is -2.45. The van der Waals surface area contributed by atoms with Crippen LogP contribution in [-0.2, 0) is 18.9 Å². The number of ether oxygens (including phenoxy) is 4. The van der Waals surface area contributed by atoms with Gasteiger partial charge in [-0.25, -0.2) is 4.79 Å². The van der Waals surface area contributed by atoms with Crippen LogP contribution in [0.2, 0.25) is 0 Å². The van der Waals surface area contributed by atoms with Crippen molar-refractivity contribution in [2.45, 2.75) is 5.92 Å². The summed E-state index contributed by atoms with van der Waals surface area (Å²) in [7, 11) is 1.89. The SMILES string of the molecule is CNCCOCCOCCOCCNC(=O)OCC1c2ccccc2-c2ccccc21. The van der Waals surface area contributed by atoms with E-state index in [1.54, 1.807) is 0 Å². The molecule has 0 unspecified atom stereocenters. The number of fused-ring (bicyclic) bond motifs is 3. The van der Waals surface area contributed by atoms with E-state index in [1.807, 2.05) is 31.3 Å². The molecular formula is C24H32N2O5. The molecule has 31 heavy (non-hydrogen) atoms. The molecule has 0 heterocycles. The molecule has 7 heteroatoms. The summed E-state index contributed by atoms with van der Waals surface area (Å²) in [4.78, 5) is 12.1. The van der Waals surface area contributed by atoms with Gasteiger partial charge in [-0.05, 0) is 29.3 Å². The van der Waals surface area contributed by atoms with Crippen LogP contribution in [0.15, 0.2) is 48.5 Å². The molecule has 1 aliphatic carbocycles. The van der Waals surface area contributed by atoms with Crippen molar-refractivity contribution in [2.75, 3.05) is 66.4 Å². The monoisotopic (exact) mass is 428 g/mol. The average Bonchev–Trinajstić information content (AvgIpc) is 3.12. The van der Waals surface area contributed by atoms with Crippen molar-refractivity contribution < 1.29 is 23.7 Å². The molecular weight excluding hydrogens is 396 g/mol. The number of carbonyl (C=O) groups excluding carboxylic acids is 1. The molecule has 0 fully saturated rings. The number of carbonyl (C=O) groups is 1. The van der Waals surface area contributed by atoms with E-state index in [0.29, 0.717) is 52.8 Å². The fraction of sp³-hybridized carbons (Fsp3) is 0.458. The van der Waals surface area contributed by atoms with Gasteiger partial charge in [0, 0.05) is 19.0 Å². The lowest BCUT2D eigenvalue weighted by Crippen LogP contribution is -2.29. The fourth-order valence-electron chi connectivity index (χ4n) is 3.59. The Morgan fingerprint density at radius 3 is 1.87 bits per heavy atom. The van der Waals surface area contributed by atoms with Crippen LogP contribution in [0.3, 0.4) is 0 Å². The van der Waals surface area contributed by atoms with Crippen LogP contribution in [0, 0.1) is 0 Å². The largest absolute Gasteiger partial charge is 0.449 e. The number of nitrogens with one attached hydrogen (secondary N) is 2. The summed E-state index contributed by atoms with van der Waals surface area (Å²) in [5.41, 5.74) is 4.83. The van der Waals surface area contributed by atoms with E-state index < -0.39 is 6.09 Å². The summed E-state index contributed by atoms with van der Waals surface area (Å²) in [6.07, 6.45) is -0.430. The first-order valence-corrected chi connectivity index (χ1v) is 10.8. The molecule has 168 valence electrons. The molecule has 2 N–H and O–H groups in total. The Balaban J connectivity index is 1.26. The van der Waals surface area contributed by atoms with Crippen LogP contribution in [0.5, 0.6) is 0 Å². The molecule has 0 aromatic heterocycles. The molecule has 0 saturated heterocycles. The molecule has 7 nitrogen and oxygen atoms in total. The van der Waals surface area contributed by atoms with Crippen molar-refractivity contribution in [3.05, 3.63) is 59.7 Å². The highest BCUT2D eigenvalue weighted by Crippen LogP contribution is 2.44. The highest BCUT2D eigenvalue weighted by molar-refractivity contribution is 5.79. The van der Waals surface area contributed by atoms with E-state index in [-0.39, 0.29) is 5.92 Å². The zero-order chi connectivity index (χ0) is 21.7. The zero-order valence-corrected chi connectivity index (χ0v) is 18.1. The minimum Gasteiger partial charge on any atom is -0.449 e. The highest BCUT2D eigenvalue weighted by atomic mass is 16.6. The second-order valence-corrected chi connectivity index (χ2v) is 7.19. The number of benzene rings is 2. The smallest absolute Gasteiger partial charge is 0.407 e. The third-order valence-corrected chi connectivity index (χ3v) is 5.10. The highest BCUT2D eigenvalue weighted by Gasteiger charge is 2.28. The molecule has 1 aliphatic rings. The van der Waals surface area contributed by atoms with Crippen LogP contribution in [0.1, 0.15) is 17.0 Å². The quantitative estimate of drug-likeness (QED) is 0.451. The fourth-order valence-corrected chi connectivity index (χ4v) is 3.59. The van der Waals surface area contributed by atoms with Gasteiger partial charge in [0.05, 0.1) is 39.6 Å². The topological polar surface area (TPSA) is 78.0 Å². The second-order valence-electron chi connectivity index (χ2n) is 7.19. The van der Waals surface area contributed by atoms with E-state index in [4.69, 9.17) is 18.9 Å². The van der Waals surface area contributed by atoms with Gasteiger partial charge in [-0.15, -0.1) is 0 Å². The van der Waals surface area contributed by atoms with Crippen molar-refractivity contribution in [1.29, 1.82) is 0 Å². The second kappa shape index (κ2) is 13.1. The minimum atomic E-state index is -0.430. The van der Waals surface area contributed by atoms with E-state index in [2.05, 4.69) is 34.9 Å². The first-order chi connectivity index (χ1) is 15.3. The Labute approximate surface area is 184 Å². The van der Waals surface area contributed by atoms with Gasteiger partial charge in [-0.1, -0.05) is 48.5 Å². The summed E-state index contributed by atoms with van der Waals surface area (Å²) in [6.45, 7) is 4.72. The lowest BCUT2D eigenvalue weighted by atomic mass is 9.98. The van der Waals surface area contributed by atoms with E-state index in [0.717, 1.165) is 6.54 Å².